The number of esters is 2. The zero-order valence-electron chi connectivity index (χ0n) is 18.3. The molecule has 1 spiro atoms. The second kappa shape index (κ2) is 10.5. The number of hydrogen-bond donors (Lipinski definition) is 3. The Hall–Kier alpha value is -3.30. The number of carbonyl (C=O) groups excluding carboxylic acids is 2. The van der Waals surface area contributed by atoms with Gasteiger partial charge in [0.25, 0.3) is 0 Å². The molecule has 0 unspecified atom stereocenters. The molecule has 0 bridgehead atoms. The van der Waals surface area contributed by atoms with Crippen LogP contribution in [0.1, 0.15) is 34.0 Å². The van der Waals surface area contributed by atoms with Crippen LogP contribution in [-0.4, -0.2) is 70.0 Å². The van der Waals surface area contributed by atoms with E-state index in [1.54, 1.807) is 31.2 Å². The molecule has 0 fully saturated rings. The van der Waals surface area contributed by atoms with Crippen molar-refractivity contribution >= 4 is 41.5 Å². The van der Waals surface area contributed by atoms with E-state index < -0.39 is 17.5 Å². The quantitative estimate of drug-likeness (QED) is 0.293. The first kappa shape index (κ1) is 26.3. The van der Waals surface area contributed by atoms with E-state index in [-0.39, 0.29) is 54.3 Å². The van der Waals surface area contributed by atoms with Crippen LogP contribution in [0, 0.1) is 0 Å². The van der Waals surface area contributed by atoms with Crippen molar-refractivity contribution in [1.82, 2.24) is 0 Å². The summed E-state index contributed by atoms with van der Waals surface area (Å²) in [6.45, 7) is 4.81. The molecular formula is C26H23NaO8. The first-order valence-corrected chi connectivity index (χ1v) is 10.4. The number of hydrogen-bond acceptors (Lipinski definition) is 8. The maximum absolute atomic E-state index is 12.5. The van der Waals surface area contributed by atoms with E-state index in [2.05, 4.69) is 11.3 Å². The van der Waals surface area contributed by atoms with Crippen LogP contribution in [0.25, 0.3) is 0 Å². The van der Waals surface area contributed by atoms with E-state index in [1.165, 1.54) is 24.3 Å². The van der Waals surface area contributed by atoms with Crippen molar-refractivity contribution in [2.45, 2.75) is 12.5 Å². The average Bonchev–Trinajstić information content (AvgIpc) is 3.10. The molecule has 0 aromatic heterocycles. The predicted molar refractivity (Wildman–Crippen MR) is 128 cm³/mol. The van der Waals surface area contributed by atoms with Gasteiger partial charge in [-0.05, 0) is 37.3 Å². The number of aliphatic hydroxyl groups excluding tert-OH is 1. The molecule has 0 radical (unpaired) electrons. The minimum atomic E-state index is -1.17. The first-order chi connectivity index (χ1) is 16.3. The van der Waals surface area contributed by atoms with Gasteiger partial charge in [0.05, 0.1) is 12.2 Å². The number of carbonyl (C=O) groups is 2. The van der Waals surface area contributed by atoms with E-state index in [1.807, 2.05) is 12.1 Å². The second-order valence-corrected chi connectivity index (χ2v) is 7.72. The zero-order chi connectivity index (χ0) is 24.5. The number of phenolic OH excluding ortho intramolecular Hbond substituents is 2. The maximum atomic E-state index is 12.5. The van der Waals surface area contributed by atoms with Crippen LogP contribution in [0.4, 0.5) is 0 Å². The van der Waals surface area contributed by atoms with Crippen molar-refractivity contribution in [3.05, 3.63) is 95.1 Å². The van der Waals surface area contributed by atoms with Crippen LogP contribution in [0.15, 0.2) is 72.8 Å². The summed E-state index contributed by atoms with van der Waals surface area (Å²) in [4.78, 5) is 23.0. The summed E-state index contributed by atoms with van der Waals surface area (Å²) in [6, 6.07) is 16.6. The van der Waals surface area contributed by atoms with Crippen molar-refractivity contribution < 1.29 is 39.1 Å². The van der Waals surface area contributed by atoms with Crippen LogP contribution in [-0.2, 0) is 19.9 Å². The Kier molecular flexibility index (Phi) is 7.92. The Morgan fingerprint density at radius 1 is 0.971 bits per heavy atom. The number of phenols is 2. The summed E-state index contributed by atoms with van der Waals surface area (Å²) < 4.78 is 16.2. The summed E-state index contributed by atoms with van der Waals surface area (Å²) in [7, 11) is 0. The molecule has 2 heterocycles. The van der Waals surface area contributed by atoms with Crippen LogP contribution in [0.5, 0.6) is 23.0 Å². The molecule has 0 saturated carbocycles. The molecule has 0 saturated heterocycles. The molecule has 35 heavy (non-hydrogen) atoms. The van der Waals surface area contributed by atoms with Crippen LogP contribution in [0.2, 0.25) is 0 Å². The van der Waals surface area contributed by atoms with E-state index in [4.69, 9.17) is 14.6 Å². The molecule has 0 atom stereocenters. The summed E-state index contributed by atoms with van der Waals surface area (Å²) in [5.74, 6) is -0.0463. The van der Waals surface area contributed by atoms with Crippen molar-refractivity contribution in [2.24, 2.45) is 0 Å². The molecule has 3 N–H and O–H groups in total. The van der Waals surface area contributed by atoms with Crippen LogP contribution in [0.3, 0.4) is 0 Å². The van der Waals surface area contributed by atoms with Gasteiger partial charge in [0.1, 0.15) is 29.6 Å². The fourth-order valence-electron chi connectivity index (χ4n) is 3.91. The van der Waals surface area contributed by atoms with Gasteiger partial charge in [-0.25, -0.2) is 9.59 Å². The standard InChI is InChI=1S/C20H12O5.C6H10O3.Na.H/c21-11-5-7-15-17(9-11)24-18-10-12(22)6-8-16(18)20(15)14-4-2-1-3-13(14)19(23)25-20;1-5(2)6(8)9-4-3-7;;/h1-10,21-22H;7H,1,3-4H2,2H3;;. The summed E-state index contributed by atoms with van der Waals surface area (Å²) in [5.41, 5.74) is 1.63. The minimum absolute atomic E-state index is 0. The fraction of sp³-hybridized carbons (Fsp3) is 0.154. The van der Waals surface area contributed by atoms with Gasteiger partial charge in [-0.2, -0.15) is 0 Å². The molecule has 3 aromatic carbocycles. The van der Waals surface area contributed by atoms with Gasteiger partial charge in [-0.15, -0.1) is 0 Å². The Labute approximate surface area is 223 Å². The Balaban J connectivity index is 0.000000297. The summed E-state index contributed by atoms with van der Waals surface area (Å²) in [5, 5.41) is 27.9. The van der Waals surface area contributed by atoms with E-state index >= 15 is 0 Å². The number of benzene rings is 3. The Morgan fingerprint density at radius 3 is 2.09 bits per heavy atom. The third-order valence-electron chi connectivity index (χ3n) is 5.35. The number of aliphatic hydroxyl groups is 1. The van der Waals surface area contributed by atoms with E-state index in [9.17, 15) is 19.8 Å². The normalized spacial score (nSPS) is 13.5. The van der Waals surface area contributed by atoms with Crippen molar-refractivity contribution in [1.29, 1.82) is 0 Å². The molecule has 9 heteroatoms. The summed E-state index contributed by atoms with van der Waals surface area (Å²) >= 11 is 0. The van der Waals surface area contributed by atoms with Gasteiger partial charge >= 0.3 is 41.5 Å². The molecular weight excluding hydrogens is 463 g/mol. The van der Waals surface area contributed by atoms with Gasteiger partial charge in [0, 0.05) is 34.4 Å². The fourth-order valence-corrected chi connectivity index (χ4v) is 3.91. The molecule has 176 valence electrons. The average molecular weight is 486 g/mol. The second-order valence-electron chi connectivity index (χ2n) is 7.72. The number of ether oxygens (including phenoxy) is 3. The molecule has 2 aliphatic heterocycles. The summed E-state index contributed by atoms with van der Waals surface area (Å²) in [6.07, 6.45) is 0. The monoisotopic (exact) mass is 486 g/mol. The van der Waals surface area contributed by atoms with Crippen molar-refractivity contribution in [3.63, 3.8) is 0 Å². The molecule has 3 aromatic rings. The van der Waals surface area contributed by atoms with Crippen LogP contribution >= 0.6 is 0 Å². The van der Waals surface area contributed by atoms with Crippen molar-refractivity contribution in [3.8, 4) is 23.0 Å². The van der Waals surface area contributed by atoms with Gasteiger partial charge in [-0.1, -0.05) is 24.8 Å². The predicted octanol–water partition coefficient (Wildman–Crippen LogP) is 3.12. The Morgan fingerprint density at radius 2 is 1.54 bits per heavy atom. The third kappa shape index (κ3) is 4.78. The van der Waals surface area contributed by atoms with Crippen molar-refractivity contribution in [2.75, 3.05) is 13.2 Å². The SMILES string of the molecule is C=C(C)C(=O)OCCO.O=C1OC2(c3ccc(O)cc3Oc3cc(O)ccc32)c2ccccc21.[NaH]. The van der Waals surface area contributed by atoms with Gasteiger partial charge in [-0.3, -0.25) is 0 Å². The molecule has 5 rings (SSSR count). The number of rotatable bonds is 3. The van der Waals surface area contributed by atoms with Gasteiger partial charge < -0.3 is 29.5 Å². The number of fused-ring (bicyclic) bond motifs is 6. The molecule has 8 nitrogen and oxygen atoms in total. The molecule has 0 aliphatic carbocycles. The molecule has 2 aliphatic rings. The van der Waals surface area contributed by atoms with Gasteiger partial charge in [0.2, 0.25) is 0 Å². The Bertz CT molecular complexity index is 1250. The van der Waals surface area contributed by atoms with Gasteiger partial charge in [0.15, 0.2) is 5.60 Å². The molecule has 0 amide bonds. The van der Waals surface area contributed by atoms with E-state index in [0.717, 1.165) is 0 Å². The number of aromatic hydroxyl groups is 2. The third-order valence-corrected chi connectivity index (χ3v) is 5.35. The topological polar surface area (TPSA) is 123 Å². The zero-order valence-corrected chi connectivity index (χ0v) is 18.3. The van der Waals surface area contributed by atoms with E-state index in [0.29, 0.717) is 39.3 Å². The van der Waals surface area contributed by atoms with Crippen LogP contribution < -0.4 is 4.74 Å². The first-order valence-electron chi connectivity index (χ1n) is 10.4.